The molecule has 0 atom stereocenters. The molecule has 0 aliphatic carbocycles. The van der Waals surface area contributed by atoms with E-state index in [4.69, 9.17) is 0 Å². The van der Waals surface area contributed by atoms with E-state index in [1.165, 1.54) is 19.6 Å². The Bertz CT molecular complexity index is 138. The van der Waals surface area contributed by atoms with Gasteiger partial charge >= 0.3 is 0 Å². The zero-order valence-corrected chi connectivity index (χ0v) is 9.22. The molecule has 0 amide bonds. The average Bonchev–Trinajstić information content (AvgIpc) is 1.74. The highest BCUT2D eigenvalue weighted by atomic mass is 15.2. The van der Waals surface area contributed by atoms with E-state index in [1.54, 1.807) is 0 Å². The first-order chi connectivity index (χ1) is 5.38. The lowest BCUT2D eigenvalue weighted by Crippen LogP contribution is -2.51. The number of likely N-dealkylation sites (tertiary alicyclic amines) is 1. The molecule has 0 bridgehead atoms. The number of nitrogens with zero attached hydrogens (tertiary/aromatic N) is 1. The lowest BCUT2D eigenvalue weighted by molar-refractivity contribution is 0.0394. The largest absolute Gasteiger partial charge is 0.302 e. The van der Waals surface area contributed by atoms with Gasteiger partial charge in [-0.05, 0) is 17.3 Å². The Balaban J connectivity index is 2.18. The maximum atomic E-state index is 2.57. The SMILES string of the molecule is CC(C)C1CN(CC(C)(C)C)C1. The molecule has 0 spiro atoms. The van der Waals surface area contributed by atoms with Crippen molar-refractivity contribution in [3.05, 3.63) is 0 Å². The van der Waals surface area contributed by atoms with Crippen LogP contribution in [0, 0.1) is 17.3 Å². The molecule has 1 aliphatic rings. The zero-order chi connectivity index (χ0) is 9.35. The normalized spacial score (nSPS) is 21.5. The third-order valence-corrected chi connectivity index (χ3v) is 2.63. The second-order valence-corrected chi connectivity index (χ2v) is 5.76. The van der Waals surface area contributed by atoms with Crippen molar-refractivity contribution in [3.63, 3.8) is 0 Å². The Kier molecular flexibility index (Phi) is 2.82. The summed E-state index contributed by atoms with van der Waals surface area (Å²) in [6.45, 7) is 15.5. The first-order valence-corrected chi connectivity index (χ1v) is 5.11. The van der Waals surface area contributed by atoms with Crippen LogP contribution in [-0.2, 0) is 0 Å². The van der Waals surface area contributed by atoms with E-state index in [2.05, 4.69) is 39.5 Å². The van der Waals surface area contributed by atoms with Crippen LogP contribution in [0.15, 0.2) is 0 Å². The monoisotopic (exact) mass is 169 g/mol. The topological polar surface area (TPSA) is 3.24 Å². The average molecular weight is 169 g/mol. The van der Waals surface area contributed by atoms with Crippen LogP contribution in [-0.4, -0.2) is 24.5 Å². The lowest BCUT2D eigenvalue weighted by atomic mass is 9.85. The van der Waals surface area contributed by atoms with Crippen LogP contribution in [0.1, 0.15) is 34.6 Å². The molecule has 0 aromatic rings. The molecule has 12 heavy (non-hydrogen) atoms. The van der Waals surface area contributed by atoms with Crippen molar-refractivity contribution in [2.75, 3.05) is 19.6 Å². The van der Waals surface area contributed by atoms with Crippen molar-refractivity contribution in [1.82, 2.24) is 4.90 Å². The second-order valence-electron chi connectivity index (χ2n) is 5.76. The maximum Gasteiger partial charge on any atom is 0.00303 e. The summed E-state index contributed by atoms with van der Waals surface area (Å²) in [5.74, 6) is 1.84. The quantitative estimate of drug-likeness (QED) is 0.614. The number of hydrogen-bond acceptors (Lipinski definition) is 1. The minimum atomic E-state index is 0.474. The van der Waals surface area contributed by atoms with Crippen molar-refractivity contribution in [2.24, 2.45) is 17.3 Å². The molecular formula is C11H23N. The first-order valence-electron chi connectivity index (χ1n) is 5.11. The highest BCUT2D eigenvalue weighted by Crippen LogP contribution is 2.26. The minimum Gasteiger partial charge on any atom is -0.302 e. The molecule has 1 heteroatoms. The van der Waals surface area contributed by atoms with Crippen LogP contribution in [0.4, 0.5) is 0 Å². The van der Waals surface area contributed by atoms with Crippen LogP contribution in [0.2, 0.25) is 0 Å². The molecule has 1 saturated heterocycles. The van der Waals surface area contributed by atoms with Crippen molar-refractivity contribution in [1.29, 1.82) is 0 Å². The smallest absolute Gasteiger partial charge is 0.00303 e. The summed E-state index contributed by atoms with van der Waals surface area (Å²) in [4.78, 5) is 2.57. The van der Waals surface area contributed by atoms with Crippen LogP contribution in [0.25, 0.3) is 0 Å². The summed E-state index contributed by atoms with van der Waals surface area (Å²) in [7, 11) is 0. The van der Waals surface area contributed by atoms with Gasteiger partial charge in [-0.15, -0.1) is 0 Å². The van der Waals surface area contributed by atoms with Gasteiger partial charge in [0, 0.05) is 19.6 Å². The summed E-state index contributed by atoms with van der Waals surface area (Å²) >= 11 is 0. The molecule has 0 aromatic carbocycles. The molecule has 0 saturated carbocycles. The van der Waals surface area contributed by atoms with Crippen molar-refractivity contribution in [3.8, 4) is 0 Å². The van der Waals surface area contributed by atoms with Crippen molar-refractivity contribution in [2.45, 2.75) is 34.6 Å². The molecule has 0 aromatic heterocycles. The van der Waals surface area contributed by atoms with Gasteiger partial charge in [0.1, 0.15) is 0 Å². The van der Waals surface area contributed by atoms with Gasteiger partial charge in [0.15, 0.2) is 0 Å². The third kappa shape index (κ3) is 2.78. The van der Waals surface area contributed by atoms with E-state index >= 15 is 0 Å². The van der Waals surface area contributed by atoms with Gasteiger partial charge < -0.3 is 4.90 Å². The van der Waals surface area contributed by atoms with Gasteiger partial charge in [0.2, 0.25) is 0 Å². The van der Waals surface area contributed by atoms with Gasteiger partial charge in [-0.3, -0.25) is 0 Å². The molecule has 1 heterocycles. The van der Waals surface area contributed by atoms with E-state index in [0.29, 0.717) is 5.41 Å². The second kappa shape index (κ2) is 3.37. The molecule has 1 nitrogen and oxygen atoms in total. The molecule has 1 rings (SSSR count). The molecule has 1 fully saturated rings. The van der Waals surface area contributed by atoms with Crippen molar-refractivity contribution >= 4 is 0 Å². The molecular weight excluding hydrogens is 146 g/mol. The summed E-state index contributed by atoms with van der Waals surface area (Å²) in [5, 5.41) is 0. The van der Waals surface area contributed by atoms with E-state index in [0.717, 1.165) is 11.8 Å². The Morgan fingerprint density at radius 3 is 2.08 bits per heavy atom. The summed E-state index contributed by atoms with van der Waals surface area (Å²) < 4.78 is 0. The van der Waals surface area contributed by atoms with Gasteiger partial charge in [-0.25, -0.2) is 0 Å². The fourth-order valence-corrected chi connectivity index (χ4v) is 1.83. The third-order valence-electron chi connectivity index (χ3n) is 2.63. The van der Waals surface area contributed by atoms with E-state index in [1.807, 2.05) is 0 Å². The fourth-order valence-electron chi connectivity index (χ4n) is 1.83. The Hall–Kier alpha value is -0.0400. The Labute approximate surface area is 77.1 Å². The van der Waals surface area contributed by atoms with Gasteiger partial charge in [-0.2, -0.15) is 0 Å². The zero-order valence-electron chi connectivity index (χ0n) is 9.22. The van der Waals surface area contributed by atoms with Crippen LogP contribution >= 0.6 is 0 Å². The molecule has 72 valence electrons. The fraction of sp³-hybridized carbons (Fsp3) is 1.00. The minimum absolute atomic E-state index is 0.474. The summed E-state index contributed by atoms with van der Waals surface area (Å²) in [6.07, 6.45) is 0. The van der Waals surface area contributed by atoms with Gasteiger partial charge in [-0.1, -0.05) is 34.6 Å². The highest BCUT2D eigenvalue weighted by molar-refractivity contribution is 4.84. The van der Waals surface area contributed by atoms with E-state index in [9.17, 15) is 0 Å². The highest BCUT2D eigenvalue weighted by Gasteiger charge is 2.30. The molecule has 0 radical (unpaired) electrons. The number of rotatable bonds is 2. The predicted molar refractivity (Wildman–Crippen MR) is 54.2 cm³/mol. The summed E-state index contributed by atoms with van der Waals surface area (Å²) in [5.41, 5.74) is 0.474. The van der Waals surface area contributed by atoms with Gasteiger partial charge in [0.25, 0.3) is 0 Å². The van der Waals surface area contributed by atoms with Gasteiger partial charge in [0.05, 0.1) is 0 Å². The Morgan fingerprint density at radius 1 is 1.25 bits per heavy atom. The maximum absolute atomic E-state index is 2.57. The Morgan fingerprint density at radius 2 is 1.75 bits per heavy atom. The molecule has 0 unspecified atom stereocenters. The van der Waals surface area contributed by atoms with E-state index in [-0.39, 0.29) is 0 Å². The van der Waals surface area contributed by atoms with Crippen LogP contribution in [0.5, 0.6) is 0 Å². The summed E-state index contributed by atoms with van der Waals surface area (Å²) in [6, 6.07) is 0. The molecule has 0 N–H and O–H groups in total. The molecule has 1 aliphatic heterocycles. The first kappa shape index (κ1) is 10.0. The number of hydrogen-bond donors (Lipinski definition) is 0. The lowest BCUT2D eigenvalue weighted by Gasteiger charge is -2.44. The van der Waals surface area contributed by atoms with Crippen molar-refractivity contribution < 1.29 is 0 Å². The standard InChI is InChI=1S/C11H23N/c1-9(2)10-6-12(7-10)8-11(3,4)5/h9-10H,6-8H2,1-5H3. The van der Waals surface area contributed by atoms with E-state index < -0.39 is 0 Å². The van der Waals surface area contributed by atoms with Crippen LogP contribution < -0.4 is 0 Å². The van der Waals surface area contributed by atoms with Crippen LogP contribution in [0.3, 0.4) is 0 Å². The predicted octanol–water partition coefficient (Wildman–Crippen LogP) is 2.62.